The van der Waals surface area contributed by atoms with E-state index in [1.54, 1.807) is 0 Å². The molecule has 0 aromatic heterocycles. The van der Waals surface area contributed by atoms with E-state index in [1.807, 2.05) is 13.8 Å². The van der Waals surface area contributed by atoms with E-state index in [0.717, 1.165) is 0 Å². The van der Waals surface area contributed by atoms with Crippen LogP contribution in [0, 0.1) is 5.92 Å². The number of nitrogens with zero attached hydrogens (tertiary/aromatic N) is 1. The standard InChI is InChI=1S/C8H16N2O3/c1-6(2)4-10(5-7(11)12)8(13)9-3/h6H,4-5H2,1-3H3,(H,9,13)(H,11,12). The van der Waals surface area contributed by atoms with Crippen LogP contribution in [0.15, 0.2) is 0 Å². The first kappa shape index (κ1) is 11.7. The van der Waals surface area contributed by atoms with Gasteiger partial charge in [0.1, 0.15) is 6.54 Å². The number of carboxylic acids is 1. The minimum absolute atomic E-state index is 0.252. The number of hydrogen-bond acceptors (Lipinski definition) is 2. The maximum absolute atomic E-state index is 11.1. The van der Waals surface area contributed by atoms with Crippen molar-refractivity contribution in [1.29, 1.82) is 0 Å². The monoisotopic (exact) mass is 188 g/mol. The Hall–Kier alpha value is -1.26. The smallest absolute Gasteiger partial charge is 0.323 e. The minimum atomic E-state index is -0.996. The highest BCUT2D eigenvalue weighted by Gasteiger charge is 2.15. The Morgan fingerprint density at radius 2 is 2.00 bits per heavy atom. The largest absolute Gasteiger partial charge is 0.480 e. The van der Waals surface area contributed by atoms with E-state index < -0.39 is 5.97 Å². The summed E-state index contributed by atoms with van der Waals surface area (Å²) < 4.78 is 0. The fourth-order valence-corrected chi connectivity index (χ4v) is 0.981. The normalized spacial score (nSPS) is 9.85. The lowest BCUT2D eigenvalue weighted by Crippen LogP contribution is -2.43. The number of urea groups is 1. The number of nitrogens with one attached hydrogen (secondary N) is 1. The van der Waals surface area contributed by atoms with Crippen molar-refractivity contribution in [3.8, 4) is 0 Å². The zero-order valence-electron chi connectivity index (χ0n) is 8.20. The molecule has 0 atom stereocenters. The summed E-state index contributed by atoms with van der Waals surface area (Å²) in [6, 6.07) is -0.351. The highest BCUT2D eigenvalue weighted by atomic mass is 16.4. The molecule has 0 saturated heterocycles. The number of amides is 2. The predicted octanol–water partition coefficient (Wildman–Crippen LogP) is 0.368. The molecule has 13 heavy (non-hydrogen) atoms. The van der Waals surface area contributed by atoms with E-state index in [2.05, 4.69) is 5.32 Å². The van der Waals surface area contributed by atoms with Gasteiger partial charge in [-0.05, 0) is 5.92 Å². The van der Waals surface area contributed by atoms with Crippen LogP contribution in [0.3, 0.4) is 0 Å². The summed E-state index contributed by atoms with van der Waals surface area (Å²) in [7, 11) is 1.48. The van der Waals surface area contributed by atoms with E-state index in [9.17, 15) is 9.59 Å². The number of rotatable bonds is 4. The third kappa shape index (κ3) is 5.05. The van der Waals surface area contributed by atoms with Gasteiger partial charge in [0, 0.05) is 13.6 Å². The summed E-state index contributed by atoms with van der Waals surface area (Å²) in [5.41, 5.74) is 0. The van der Waals surface area contributed by atoms with Crippen LogP contribution in [0.4, 0.5) is 4.79 Å². The lowest BCUT2D eigenvalue weighted by Gasteiger charge is -2.21. The van der Waals surface area contributed by atoms with Crippen LogP contribution in [-0.4, -0.2) is 42.1 Å². The SMILES string of the molecule is CNC(=O)N(CC(=O)O)CC(C)C. The topological polar surface area (TPSA) is 69.6 Å². The molecule has 0 aliphatic rings. The van der Waals surface area contributed by atoms with Gasteiger partial charge in [-0.3, -0.25) is 4.79 Å². The molecule has 0 rings (SSSR count). The fraction of sp³-hybridized carbons (Fsp3) is 0.750. The van der Waals surface area contributed by atoms with E-state index in [1.165, 1.54) is 11.9 Å². The first-order valence-electron chi connectivity index (χ1n) is 4.15. The van der Waals surface area contributed by atoms with E-state index in [4.69, 9.17) is 5.11 Å². The highest BCUT2D eigenvalue weighted by Crippen LogP contribution is 1.98. The first-order chi connectivity index (χ1) is 5.97. The second-order valence-corrected chi connectivity index (χ2v) is 3.22. The van der Waals surface area contributed by atoms with Gasteiger partial charge in [-0.25, -0.2) is 4.79 Å². The maximum Gasteiger partial charge on any atom is 0.323 e. The van der Waals surface area contributed by atoms with Crippen LogP contribution in [0.2, 0.25) is 0 Å². The molecular weight excluding hydrogens is 172 g/mol. The minimum Gasteiger partial charge on any atom is -0.480 e. The molecule has 76 valence electrons. The van der Waals surface area contributed by atoms with Gasteiger partial charge in [0.05, 0.1) is 0 Å². The first-order valence-corrected chi connectivity index (χ1v) is 4.15. The molecule has 5 heteroatoms. The molecule has 0 bridgehead atoms. The molecule has 0 saturated carbocycles. The summed E-state index contributed by atoms with van der Waals surface area (Å²) in [4.78, 5) is 22.8. The van der Waals surface area contributed by atoms with Crippen LogP contribution < -0.4 is 5.32 Å². The summed E-state index contributed by atoms with van der Waals surface area (Å²) >= 11 is 0. The predicted molar refractivity (Wildman–Crippen MR) is 48.5 cm³/mol. The summed E-state index contributed by atoms with van der Waals surface area (Å²) in [5, 5.41) is 10.9. The number of carbonyl (C=O) groups is 2. The molecule has 2 amide bonds. The molecule has 0 aliphatic carbocycles. The lowest BCUT2D eigenvalue weighted by molar-refractivity contribution is -0.137. The van der Waals surface area contributed by atoms with Gasteiger partial charge in [-0.15, -0.1) is 0 Å². The Kier molecular flexibility index (Phi) is 4.87. The van der Waals surface area contributed by atoms with Gasteiger partial charge in [0.15, 0.2) is 0 Å². The van der Waals surface area contributed by atoms with Crippen molar-refractivity contribution in [2.75, 3.05) is 20.1 Å². The van der Waals surface area contributed by atoms with Crippen LogP contribution in [-0.2, 0) is 4.79 Å². The van der Waals surface area contributed by atoms with E-state index >= 15 is 0 Å². The summed E-state index contributed by atoms with van der Waals surface area (Å²) in [5.74, 6) is -0.735. The number of hydrogen-bond donors (Lipinski definition) is 2. The van der Waals surface area contributed by atoms with Crippen LogP contribution in [0.25, 0.3) is 0 Å². The molecule has 0 aromatic carbocycles. The fourth-order valence-electron chi connectivity index (χ4n) is 0.981. The number of carboxylic acid groups (broad SMARTS) is 1. The summed E-state index contributed by atoms with van der Waals surface area (Å²) in [6.45, 7) is 4.05. The van der Waals surface area contributed by atoms with Crippen molar-refractivity contribution >= 4 is 12.0 Å². The molecule has 0 spiro atoms. The van der Waals surface area contributed by atoms with Crippen molar-refractivity contribution in [3.63, 3.8) is 0 Å². The second kappa shape index (κ2) is 5.40. The van der Waals surface area contributed by atoms with Gasteiger partial charge in [-0.2, -0.15) is 0 Å². The average molecular weight is 188 g/mol. The van der Waals surface area contributed by atoms with Crippen LogP contribution >= 0.6 is 0 Å². The van der Waals surface area contributed by atoms with Gasteiger partial charge in [0.2, 0.25) is 0 Å². The molecule has 0 heterocycles. The third-order valence-electron chi connectivity index (χ3n) is 1.41. The second-order valence-electron chi connectivity index (χ2n) is 3.22. The van der Waals surface area contributed by atoms with Crippen molar-refractivity contribution in [2.45, 2.75) is 13.8 Å². The molecule has 5 nitrogen and oxygen atoms in total. The summed E-state index contributed by atoms with van der Waals surface area (Å²) in [6.07, 6.45) is 0. The Morgan fingerprint density at radius 1 is 1.46 bits per heavy atom. The molecule has 0 radical (unpaired) electrons. The number of carbonyl (C=O) groups excluding carboxylic acids is 1. The maximum atomic E-state index is 11.1. The zero-order chi connectivity index (χ0) is 10.4. The Morgan fingerprint density at radius 3 is 2.31 bits per heavy atom. The molecule has 0 unspecified atom stereocenters. The Balaban J connectivity index is 4.18. The molecule has 0 fully saturated rings. The van der Waals surface area contributed by atoms with E-state index in [0.29, 0.717) is 6.54 Å². The molecule has 0 aliphatic heterocycles. The quantitative estimate of drug-likeness (QED) is 0.669. The number of aliphatic carboxylic acids is 1. The van der Waals surface area contributed by atoms with Gasteiger partial charge < -0.3 is 15.3 Å². The Labute approximate surface area is 77.7 Å². The molecule has 0 aromatic rings. The lowest BCUT2D eigenvalue weighted by atomic mass is 10.2. The van der Waals surface area contributed by atoms with Gasteiger partial charge in [0.25, 0.3) is 0 Å². The Bertz CT molecular complexity index is 192. The van der Waals surface area contributed by atoms with Gasteiger partial charge in [-0.1, -0.05) is 13.8 Å². The van der Waals surface area contributed by atoms with Gasteiger partial charge >= 0.3 is 12.0 Å². The van der Waals surface area contributed by atoms with Crippen molar-refractivity contribution in [1.82, 2.24) is 10.2 Å². The van der Waals surface area contributed by atoms with E-state index in [-0.39, 0.29) is 18.5 Å². The zero-order valence-corrected chi connectivity index (χ0v) is 8.20. The molecule has 2 N–H and O–H groups in total. The molecular formula is C8H16N2O3. The average Bonchev–Trinajstić information content (AvgIpc) is 2.00. The highest BCUT2D eigenvalue weighted by molar-refractivity contribution is 5.79. The van der Waals surface area contributed by atoms with Crippen LogP contribution in [0.5, 0.6) is 0 Å². The van der Waals surface area contributed by atoms with Crippen molar-refractivity contribution in [2.24, 2.45) is 5.92 Å². The van der Waals surface area contributed by atoms with Crippen LogP contribution in [0.1, 0.15) is 13.8 Å². The third-order valence-corrected chi connectivity index (χ3v) is 1.41. The van der Waals surface area contributed by atoms with Crippen molar-refractivity contribution in [3.05, 3.63) is 0 Å². The van der Waals surface area contributed by atoms with Crippen molar-refractivity contribution < 1.29 is 14.7 Å².